The largest absolute Gasteiger partial charge is 0.434 e. The molecular weight excluding hydrogens is 271 g/mol. The van der Waals surface area contributed by atoms with Crippen LogP contribution in [0.4, 0.5) is 22.0 Å². The van der Waals surface area contributed by atoms with Crippen molar-refractivity contribution in [1.29, 1.82) is 0 Å². The van der Waals surface area contributed by atoms with E-state index in [9.17, 15) is 30.4 Å². The molecule has 0 rings (SSSR count). The first-order chi connectivity index (χ1) is 7.48. The van der Waals surface area contributed by atoms with Crippen LogP contribution in [0, 0.1) is 0 Å². The first-order valence-electron chi connectivity index (χ1n) is 4.85. The second kappa shape index (κ2) is 5.47. The van der Waals surface area contributed by atoms with Gasteiger partial charge in [0.05, 0.1) is 0 Å². The number of hydrogen-bond donors (Lipinski definition) is 1. The first-order valence-corrected chi connectivity index (χ1v) is 6.29. The minimum Gasteiger partial charge on any atom is -0.281 e. The van der Waals surface area contributed by atoms with Gasteiger partial charge in [-0.25, -0.2) is 4.39 Å². The molecule has 1 N–H and O–H groups in total. The minimum atomic E-state index is -6.36. The summed E-state index contributed by atoms with van der Waals surface area (Å²) in [6, 6.07) is 0. The maximum absolute atomic E-state index is 12.9. The number of unbranched alkanes of at least 4 members (excludes halogenated alkanes) is 2. The van der Waals surface area contributed by atoms with E-state index in [4.69, 9.17) is 4.55 Å². The van der Waals surface area contributed by atoms with Gasteiger partial charge in [0.15, 0.2) is 6.17 Å². The van der Waals surface area contributed by atoms with E-state index in [1.807, 2.05) is 0 Å². The fourth-order valence-electron chi connectivity index (χ4n) is 1.11. The topological polar surface area (TPSA) is 54.4 Å². The van der Waals surface area contributed by atoms with Gasteiger partial charge in [-0.15, -0.1) is 0 Å². The second-order valence-corrected chi connectivity index (χ2v) is 5.04. The van der Waals surface area contributed by atoms with Gasteiger partial charge in [0, 0.05) is 0 Å². The summed E-state index contributed by atoms with van der Waals surface area (Å²) in [5.74, 6) is -5.45. The summed E-state index contributed by atoms with van der Waals surface area (Å²) in [6.07, 6.45) is -3.38. The van der Waals surface area contributed by atoms with Crippen LogP contribution in [0.3, 0.4) is 0 Å². The SMILES string of the molecule is CCCCCC(F)C(F)(F)C(F)(F)S(=O)(=O)O. The van der Waals surface area contributed by atoms with Crippen LogP contribution in [0.25, 0.3) is 0 Å². The third-order valence-corrected chi connectivity index (χ3v) is 3.09. The van der Waals surface area contributed by atoms with Gasteiger partial charge in [0.2, 0.25) is 0 Å². The molecule has 1 unspecified atom stereocenters. The Morgan fingerprint density at radius 2 is 1.65 bits per heavy atom. The highest BCUT2D eigenvalue weighted by molar-refractivity contribution is 7.87. The molecule has 17 heavy (non-hydrogen) atoms. The maximum atomic E-state index is 12.9. The van der Waals surface area contributed by atoms with Crippen LogP contribution < -0.4 is 0 Å². The van der Waals surface area contributed by atoms with Crippen molar-refractivity contribution in [3.8, 4) is 0 Å². The molecule has 9 heteroatoms. The second-order valence-electron chi connectivity index (χ2n) is 3.58. The molecule has 0 aliphatic carbocycles. The molecule has 0 saturated heterocycles. The molecule has 3 nitrogen and oxygen atoms in total. The van der Waals surface area contributed by atoms with Crippen LogP contribution in [0.2, 0.25) is 0 Å². The summed E-state index contributed by atoms with van der Waals surface area (Å²) in [6.45, 7) is 1.69. The summed E-state index contributed by atoms with van der Waals surface area (Å²) in [4.78, 5) is 0. The standard InChI is InChI=1S/C8H13F5O3S/c1-2-3-4-5-6(9)7(10,11)8(12,13)17(14,15)16/h6H,2-5H2,1H3,(H,14,15,16). The molecule has 0 spiro atoms. The van der Waals surface area contributed by atoms with E-state index < -0.39 is 33.9 Å². The smallest absolute Gasteiger partial charge is 0.281 e. The molecule has 0 radical (unpaired) electrons. The minimum absolute atomic E-state index is 0.0746. The van der Waals surface area contributed by atoms with E-state index in [0.29, 0.717) is 12.8 Å². The molecule has 0 aromatic rings. The van der Waals surface area contributed by atoms with E-state index in [-0.39, 0.29) is 6.42 Å². The van der Waals surface area contributed by atoms with Gasteiger partial charge >= 0.3 is 21.3 Å². The summed E-state index contributed by atoms with van der Waals surface area (Å²) >= 11 is 0. The normalized spacial score (nSPS) is 15.9. The zero-order chi connectivity index (χ0) is 13.9. The van der Waals surface area contributed by atoms with Gasteiger partial charge < -0.3 is 0 Å². The molecule has 1 atom stereocenters. The lowest BCUT2D eigenvalue weighted by Crippen LogP contribution is -2.52. The van der Waals surface area contributed by atoms with Crippen LogP contribution in [0.15, 0.2) is 0 Å². The number of hydrogen-bond acceptors (Lipinski definition) is 2. The zero-order valence-electron chi connectivity index (χ0n) is 8.97. The third-order valence-electron chi connectivity index (χ3n) is 2.17. The Morgan fingerprint density at radius 3 is 2.00 bits per heavy atom. The van der Waals surface area contributed by atoms with Crippen LogP contribution >= 0.6 is 0 Å². The Balaban J connectivity index is 4.88. The molecule has 0 heterocycles. The lowest BCUT2D eigenvalue weighted by molar-refractivity contribution is -0.198. The van der Waals surface area contributed by atoms with Crippen molar-refractivity contribution in [3.05, 3.63) is 0 Å². The van der Waals surface area contributed by atoms with Gasteiger partial charge in [-0.1, -0.05) is 26.2 Å². The Kier molecular flexibility index (Phi) is 5.33. The van der Waals surface area contributed by atoms with Crippen LogP contribution in [0.5, 0.6) is 0 Å². The van der Waals surface area contributed by atoms with Crippen LogP contribution in [-0.4, -0.2) is 30.3 Å². The lowest BCUT2D eigenvalue weighted by atomic mass is 10.1. The highest BCUT2D eigenvalue weighted by Gasteiger charge is 2.69. The summed E-state index contributed by atoms with van der Waals surface area (Å²) in [7, 11) is -6.36. The van der Waals surface area contributed by atoms with Gasteiger partial charge in [-0.3, -0.25) is 4.55 Å². The Morgan fingerprint density at radius 1 is 1.18 bits per heavy atom. The van der Waals surface area contributed by atoms with Crippen LogP contribution in [0.1, 0.15) is 32.6 Å². The van der Waals surface area contributed by atoms with Crippen molar-refractivity contribution in [3.63, 3.8) is 0 Å². The average molecular weight is 284 g/mol. The first kappa shape index (κ1) is 16.6. The molecule has 0 saturated carbocycles. The van der Waals surface area contributed by atoms with Crippen molar-refractivity contribution in [1.82, 2.24) is 0 Å². The highest BCUT2D eigenvalue weighted by atomic mass is 32.2. The van der Waals surface area contributed by atoms with E-state index in [1.54, 1.807) is 6.92 Å². The van der Waals surface area contributed by atoms with Gasteiger partial charge in [0.25, 0.3) is 0 Å². The molecule has 0 fully saturated rings. The summed E-state index contributed by atoms with van der Waals surface area (Å²) < 4.78 is 92.1. The molecule has 104 valence electrons. The van der Waals surface area contributed by atoms with Gasteiger partial charge in [-0.05, 0) is 6.42 Å². The summed E-state index contributed by atoms with van der Waals surface area (Å²) in [5.41, 5.74) is 0. The quantitative estimate of drug-likeness (QED) is 0.444. The molecule has 0 aromatic heterocycles. The Labute approximate surface area is 95.8 Å². The molecule has 0 bridgehead atoms. The van der Waals surface area contributed by atoms with Crippen molar-refractivity contribution in [2.24, 2.45) is 0 Å². The van der Waals surface area contributed by atoms with E-state index >= 15 is 0 Å². The van der Waals surface area contributed by atoms with Crippen molar-refractivity contribution in [2.75, 3.05) is 0 Å². The monoisotopic (exact) mass is 284 g/mol. The Hall–Kier alpha value is -0.440. The Bertz CT molecular complexity index is 341. The van der Waals surface area contributed by atoms with Crippen molar-refractivity contribution >= 4 is 10.1 Å². The molecule has 0 aliphatic heterocycles. The third kappa shape index (κ3) is 3.51. The van der Waals surface area contributed by atoms with E-state index in [0.717, 1.165) is 0 Å². The van der Waals surface area contributed by atoms with Crippen molar-refractivity contribution in [2.45, 2.75) is 50.0 Å². The number of halogens is 5. The van der Waals surface area contributed by atoms with Gasteiger partial charge in [-0.2, -0.15) is 26.0 Å². The molecule has 0 aromatic carbocycles. The zero-order valence-corrected chi connectivity index (χ0v) is 9.78. The predicted molar refractivity (Wildman–Crippen MR) is 50.5 cm³/mol. The lowest BCUT2D eigenvalue weighted by Gasteiger charge is -2.26. The van der Waals surface area contributed by atoms with E-state index in [1.165, 1.54) is 0 Å². The fraction of sp³-hybridized carbons (Fsp3) is 1.00. The number of rotatable bonds is 7. The maximum Gasteiger partial charge on any atom is 0.434 e. The van der Waals surface area contributed by atoms with Crippen LogP contribution in [-0.2, 0) is 10.1 Å². The van der Waals surface area contributed by atoms with Crippen molar-refractivity contribution < 1.29 is 34.9 Å². The van der Waals surface area contributed by atoms with E-state index in [2.05, 4.69) is 0 Å². The average Bonchev–Trinajstić information content (AvgIpc) is 2.15. The number of alkyl halides is 5. The molecule has 0 aliphatic rings. The highest BCUT2D eigenvalue weighted by Crippen LogP contribution is 2.43. The molecular formula is C8H13F5O3S. The fourth-order valence-corrected chi connectivity index (χ4v) is 1.58. The van der Waals surface area contributed by atoms with Gasteiger partial charge in [0.1, 0.15) is 0 Å². The summed E-state index contributed by atoms with van der Waals surface area (Å²) in [5, 5.41) is -5.83. The molecule has 0 amide bonds. The predicted octanol–water partition coefficient (Wildman–Crippen LogP) is 3.02.